The van der Waals surface area contributed by atoms with Gasteiger partial charge in [0, 0.05) is 0 Å². The fourth-order valence-corrected chi connectivity index (χ4v) is 3.12. The minimum atomic E-state index is -0.651. The van der Waals surface area contributed by atoms with Crippen molar-refractivity contribution in [1.82, 2.24) is 0 Å². The molecule has 1 unspecified atom stereocenters. The monoisotopic (exact) mass is 243 g/mol. The van der Waals surface area contributed by atoms with E-state index in [4.69, 9.17) is 0 Å². The Balaban J connectivity index is 2.34. The van der Waals surface area contributed by atoms with Crippen LogP contribution in [0.3, 0.4) is 0 Å². The summed E-state index contributed by atoms with van der Waals surface area (Å²) < 4.78 is 0. The first-order valence-corrected chi connectivity index (χ1v) is 6.75. The summed E-state index contributed by atoms with van der Waals surface area (Å²) in [5.74, 6) is 0. The van der Waals surface area contributed by atoms with E-state index >= 15 is 0 Å². The highest BCUT2D eigenvalue weighted by atomic mass is 16.3. The molecule has 2 nitrogen and oxygen atoms in total. The van der Waals surface area contributed by atoms with Crippen molar-refractivity contribution in [3.8, 4) is 6.07 Å². The molecule has 0 saturated heterocycles. The molecule has 1 aliphatic carbocycles. The van der Waals surface area contributed by atoms with E-state index in [2.05, 4.69) is 12.1 Å². The molecule has 2 heteroatoms. The summed E-state index contributed by atoms with van der Waals surface area (Å²) >= 11 is 0. The number of hydrogen-bond donors (Lipinski definition) is 1. The fourth-order valence-electron chi connectivity index (χ4n) is 3.12. The number of aliphatic hydroxyl groups excluding tert-OH is 1. The van der Waals surface area contributed by atoms with Crippen molar-refractivity contribution < 1.29 is 5.11 Å². The first-order chi connectivity index (χ1) is 8.57. The van der Waals surface area contributed by atoms with E-state index in [0.29, 0.717) is 0 Å². The van der Waals surface area contributed by atoms with Crippen LogP contribution in [0.1, 0.15) is 54.9 Å². The number of nitriles is 1. The van der Waals surface area contributed by atoms with Crippen LogP contribution >= 0.6 is 0 Å². The van der Waals surface area contributed by atoms with Crippen molar-refractivity contribution in [3.63, 3.8) is 0 Å². The molecule has 96 valence electrons. The topological polar surface area (TPSA) is 44.0 Å². The zero-order chi connectivity index (χ0) is 13.2. The maximum atomic E-state index is 10.6. The smallest absolute Gasteiger partial charge is 0.0976 e. The van der Waals surface area contributed by atoms with Crippen molar-refractivity contribution in [2.45, 2.75) is 52.1 Å². The zero-order valence-electron chi connectivity index (χ0n) is 11.2. The number of nitrogens with zero attached hydrogens (tertiary/aromatic N) is 1. The molecular formula is C16H21NO. The Morgan fingerprint density at radius 3 is 2.17 bits per heavy atom. The van der Waals surface area contributed by atoms with Gasteiger partial charge in [-0.3, -0.25) is 0 Å². The lowest BCUT2D eigenvalue weighted by atomic mass is 9.69. The van der Waals surface area contributed by atoms with Gasteiger partial charge in [0.1, 0.15) is 0 Å². The Bertz CT molecular complexity index is 446. The molecule has 1 aromatic rings. The highest BCUT2D eigenvalue weighted by Gasteiger charge is 2.40. The number of hydrogen-bond acceptors (Lipinski definition) is 2. The van der Waals surface area contributed by atoms with Crippen LogP contribution in [0.15, 0.2) is 18.2 Å². The molecule has 18 heavy (non-hydrogen) atoms. The van der Waals surface area contributed by atoms with Gasteiger partial charge in [-0.15, -0.1) is 0 Å². The van der Waals surface area contributed by atoms with E-state index in [9.17, 15) is 10.4 Å². The quantitative estimate of drug-likeness (QED) is 0.858. The second-order valence-electron chi connectivity index (χ2n) is 5.65. The van der Waals surface area contributed by atoms with Crippen LogP contribution in [0.2, 0.25) is 0 Å². The van der Waals surface area contributed by atoms with Crippen LogP contribution < -0.4 is 0 Å². The molecule has 1 aromatic carbocycles. The molecule has 1 aliphatic rings. The van der Waals surface area contributed by atoms with Gasteiger partial charge in [-0.05, 0) is 32.3 Å². The molecule has 0 radical (unpaired) electrons. The molecule has 1 fully saturated rings. The average Bonchev–Trinajstić information content (AvgIpc) is 2.37. The first kappa shape index (κ1) is 13.1. The van der Waals surface area contributed by atoms with Crippen LogP contribution in [0.4, 0.5) is 0 Å². The Hall–Kier alpha value is -1.33. The van der Waals surface area contributed by atoms with Crippen LogP contribution in [0.25, 0.3) is 0 Å². The molecule has 0 aromatic heterocycles. The lowest BCUT2D eigenvalue weighted by molar-refractivity contribution is 0.0359. The lowest BCUT2D eigenvalue weighted by Crippen LogP contribution is -2.30. The normalized spacial score (nSPS) is 20.1. The van der Waals surface area contributed by atoms with Gasteiger partial charge >= 0.3 is 0 Å². The minimum Gasteiger partial charge on any atom is -0.387 e. The van der Waals surface area contributed by atoms with Crippen LogP contribution in [-0.4, -0.2) is 5.11 Å². The summed E-state index contributed by atoms with van der Waals surface area (Å²) in [6.07, 6.45) is 4.27. The molecule has 1 saturated carbocycles. The zero-order valence-corrected chi connectivity index (χ0v) is 11.2. The third kappa shape index (κ3) is 2.42. The van der Waals surface area contributed by atoms with Gasteiger partial charge in [-0.25, -0.2) is 0 Å². The number of aryl methyl sites for hydroxylation is 2. The van der Waals surface area contributed by atoms with Gasteiger partial charge in [0.2, 0.25) is 0 Å². The third-order valence-electron chi connectivity index (χ3n) is 4.05. The van der Waals surface area contributed by atoms with Gasteiger partial charge in [0.25, 0.3) is 0 Å². The van der Waals surface area contributed by atoms with Crippen molar-refractivity contribution in [2.24, 2.45) is 5.41 Å². The molecule has 0 bridgehead atoms. The standard InChI is InChI=1S/C16H21NO/c1-12-8-13(2)10-14(9-12)15(18)16(11-17)6-4-3-5-7-16/h8-10,15,18H,3-7H2,1-2H3. The highest BCUT2D eigenvalue weighted by molar-refractivity contribution is 5.32. The molecule has 1 N–H and O–H groups in total. The minimum absolute atomic E-state index is 0.571. The van der Waals surface area contributed by atoms with Gasteiger partial charge in [0.15, 0.2) is 0 Å². The third-order valence-corrected chi connectivity index (χ3v) is 4.05. The van der Waals surface area contributed by atoms with Gasteiger partial charge in [0.05, 0.1) is 17.6 Å². The molecule has 2 rings (SSSR count). The Kier molecular flexibility index (Phi) is 3.73. The summed E-state index contributed by atoms with van der Waals surface area (Å²) in [5, 5.41) is 20.1. The van der Waals surface area contributed by atoms with Crippen molar-refractivity contribution in [2.75, 3.05) is 0 Å². The fraction of sp³-hybridized carbons (Fsp3) is 0.562. The Labute approximate surface area is 109 Å². The summed E-state index contributed by atoms with van der Waals surface area (Å²) in [7, 11) is 0. The number of benzene rings is 1. The molecule has 0 spiro atoms. The van der Waals surface area contributed by atoms with Crippen molar-refractivity contribution in [3.05, 3.63) is 34.9 Å². The molecular weight excluding hydrogens is 222 g/mol. The van der Waals surface area contributed by atoms with Crippen LogP contribution in [-0.2, 0) is 0 Å². The van der Waals surface area contributed by atoms with E-state index in [-0.39, 0.29) is 0 Å². The number of rotatable bonds is 2. The lowest BCUT2D eigenvalue weighted by Gasteiger charge is -2.35. The van der Waals surface area contributed by atoms with Gasteiger partial charge in [-0.1, -0.05) is 48.6 Å². The highest BCUT2D eigenvalue weighted by Crippen LogP contribution is 2.45. The molecule has 1 atom stereocenters. The predicted molar refractivity (Wildman–Crippen MR) is 72.0 cm³/mol. The maximum Gasteiger partial charge on any atom is 0.0976 e. The Morgan fingerprint density at radius 2 is 1.67 bits per heavy atom. The van der Waals surface area contributed by atoms with Crippen LogP contribution in [0, 0.1) is 30.6 Å². The van der Waals surface area contributed by atoms with Gasteiger partial charge in [-0.2, -0.15) is 5.26 Å². The average molecular weight is 243 g/mol. The second kappa shape index (κ2) is 5.12. The largest absolute Gasteiger partial charge is 0.387 e. The van der Waals surface area contributed by atoms with Gasteiger partial charge < -0.3 is 5.11 Å². The summed E-state index contributed by atoms with van der Waals surface area (Å²) in [6.45, 7) is 4.06. The summed E-state index contributed by atoms with van der Waals surface area (Å²) in [6, 6.07) is 8.51. The molecule has 0 amide bonds. The maximum absolute atomic E-state index is 10.6. The summed E-state index contributed by atoms with van der Waals surface area (Å²) in [5.41, 5.74) is 2.62. The Morgan fingerprint density at radius 1 is 1.11 bits per heavy atom. The summed E-state index contributed by atoms with van der Waals surface area (Å²) in [4.78, 5) is 0. The van der Waals surface area contributed by atoms with E-state index in [1.165, 1.54) is 6.42 Å². The number of aliphatic hydroxyl groups is 1. The molecule has 0 heterocycles. The SMILES string of the molecule is Cc1cc(C)cc(C(O)C2(C#N)CCCCC2)c1. The first-order valence-electron chi connectivity index (χ1n) is 6.75. The predicted octanol–water partition coefficient (Wildman–Crippen LogP) is 3.81. The second-order valence-corrected chi connectivity index (χ2v) is 5.65. The van der Waals surface area contributed by atoms with E-state index in [1.54, 1.807) is 0 Å². The van der Waals surface area contributed by atoms with Crippen molar-refractivity contribution in [1.29, 1.82) is 5.26 Å². The molecule has 0 aliphatic heterocycles. The van der Waals surface area contributed by atoms with Crippen molar-refractivity contribution >= 4 is 0 Å². The van der Waals surface area contributed by atoms with E-state index < -0.39 is 11.5 Å². The van der Waals surface area contributed by atoms with Crippen LogP contribution in [0.5, 0.6) is 0 Å². The van der Waals surface area contributed by atoms with E-state index in [1.807, 2.05) is 26.0 Å². The van der Waals surface area contributed by atoms with E-state index in [0.717, 1.165) is 42.4 Å².